The molecule has 0 saturated heterocycles. The van der Waals surface area contributed by atoms with Crippen LogP contribution in [0.3, 0.4) is 0 Å². The molecule has 0 saturated carbocycles. The van der Waals surface area contributed by atoms with Crippen molar-refractivity contribution in [3.05, 3.63) is 49.0 Å². The molecule has 0 amide bonds. The Balaban J connectivity index is 2.67. The standard InChI is InChI=1S/C11H11FN2O3S/c1-2-6(7-4-3-5-18-7)14-10(16)8(12)9(15)13-11(14)17/h3-6,16H,2H2,1H3,(H,13,15,17). The van der Waals surface area contributed by atoms with Crippen LogP contribution in [0.5, 0.6) is 5.88 Å². The van der Waals surface area contributed by atoms with Gasteiger partial charge in [-0.2, -0.15) is 4.39 Å². The van der Waals surface area contributed by atoms with Gasteiger partial charge in [0, 0.05) is 4.88 Å². The summed E-state index contributed by atoms with van der Waals surface area (Å²) in [6.45, 7) is 1.80. The van der Waals surface area contributed by atoms with Crippen LogP contribution in [0, 0.1) is 5.82 Å². The van der Waals surface area contributed by atoms with Crippen LogP contribution >= 0.6 is 11.3 Å². The van der Waals surface area contributed by atoms with Crippen LogP contribution in [0.4, 0.5) is 4.39 Å². The first-order valence-corrected chi connectivity index (χ1v) is 6.21. The van der Waals surface area contributed by atoms with E-state index in [0.717, 1.165) is 9.44 Å². The number of halogens is 1. The minimum atomic E-state index is -1.34. The molecule has 0 aliphatic rings. The lowest BCUT2D eigenvalue weighted by Crippen LogP contribution is -2.34. The Morgan fingerprint density at radius 2 is 2.28 bits per heavy atom. The van der Waals surface area contributed by atoms with Gasteiger partial charge in [0.05, 0.1) is 6.04 Å². The van der Waals surface area contributed by atoms with E-state index in [1.807, 2.05) is 10.4 Å². The molecular weight excluding hydrogens is 259 g/mol. The van der Waals surface area contributed by atoms with E-state index >= 15 is 0 Å². The van der Waals surface area contributed by atoms with E-state index in [2.05, 4.69) is 0 Å². The maximum Gasteiger partial charge on any atom is 0.331 e. The molecule has 0 spiro atoms. The SMILES string of the molecule is CCC(c1cccs1)n1c(O)c(F)c(=O)[nH]c1=O. The minimum absolute atomic E-state index is 0.486. The van der Waals surface area contributed by atoms with E-state index in [0.29, 0.717) is 6.42 Å². The Kier molecular flexibility index (Phi) is 3.33. The summed E-state index contributed by atoms with van der Waals surface area (Å²) >= 11 is 1.39. The highest BCUT2D eigenvalue weighted by Gasteiger charge is 2.21. The highest BCUT2D eigenvalue weighted by Crippen LogP contribution is 2.27. The minimum Gasteiger partial charge on any atom is -0.492 e. The van der Waals surface area contributed by atoms with Crippen LogP contribution < -0.4 is 11.2 Å². The van der Waals surface area contributed by atoms with Gasteiger partial charge in [-0.05, 0) is 17.9 Å². The average molecular weight is 270 g/mol. The third-order valence-electron chi connectivity index (χ3n) is 2.63. The van der Waals surface area contributed by atoms with Crippen LogP contribution in [0.1, 0.15) is 24.3 Å². The van der Waals surface area contributed by atoms with Gasteiger partial charge in [-0.3, -0.25) is 14.3 Å². The molecule has 0 fully saturated rings. The molecule has 2 heterocycles. The lowest BCUT2D eigenvalue weighted by molar-refractivity contribution is 0.344. The molecule has 18 heavy (non-hydrogen) atoms. The van der Waals surface area contributed by atoms with Gasteiger partial charge in [0.15, 0.2) is 0 Å². The van der Waals surface area contributed by atoms with E-state index in [4.69, 9.17) is 0 Å². The Labute approximate surface area is 105 Å². The number of hydrogen-bond donors (Lipinski definition) is 2. The number of hydrogen-bond acceptors (Lipinski definition) is 4. The van der Waals surface area contributed by atoms with Gasteiger partial charge < -0.3 is 5.11 Å². The van der Waals surface area contributed by atoms with Crippen molar-refractivity contribution in [2.75, 3.05) is 0 Å². The molecule has 2 N–H and O–H groups in total. The summed E-state index contributed by atoms with van der Waals surface area (Å²) in [5, 5.41) is 11.5. The van der Waals surface area contributed by atoms with Gasteiger partial charge in [-0.25, -0.2) is 4.79 Å². The first-order chi connectivity index (χ1) is 8.56. The fourth-order valence-corrected chi connectivity index (χ4v) is 2.70. The molecule has 5 nitrogen and oxygen atoms in total. The van der Waals surface area contributed by atoms with Crippen molar-refractivity contribution in [3.63, 3.8) is 0 Å². The van der Waals surface area contributed by atoms with E-state index in [-0.39, 0.29) is 0 Å². The Bertz CT molecular complexity index is 660. The number of thiophene rings is 1. The molecule has 0 aliphatic heterocycles. The predicted octanol–water partition coefficient (Wildman–Crippen LogP) is 1.44. The first kappa shape index (κ1) is 12.6. The third kappa shape index (κ3) is 1.97. The molecule has 0 bridgehead atoms. The van der Waals surface area contributed by atoms with Gasteiger partial charge >= 0.3 is 5.69 Å². The molecule has 0 aliphatic carbocycles. The number of aromatic amines is 1. The van der Waals surface area contributed by atoms with Crippen LogP contribution in [-0.4, -0.2) is 14.7 Å². The highest BCUT2D eigenvalue weighted by atomic mass is 32.1. The van der Waals surface area contributed by atoms with Crippen molar-refractivity contribution in [3.8, 4) is 5.88 Å². The monoisotopic (exact) mass is 270 g/mol. The molecule has 2 aromatic heterocycles. The molecule has 1 unspecified atom stereocenters. The van der Waals surface area contributed by atoms with Gasteiger partial charge in [0.2, 0.25) is 11.7 Å². The smallest absolute Gasteiger partial charge is 0.331 e. The topological polar surface area (TPSA) is 75.1 Å². The maximum absolute atomic E-state index is 13.4. The summed E-state index contributed by atoms with van der Waals surface area (Å²) < 4.78 is 14.2. The summed E-state index contributed by atoms with van der Waals surface area (Å²) in [6, 6.07) is 3.09. The second-order valence-electron chi connectivity index (χ2n) is 3.71. The summed E-state index contributed by atoms with van der Waals surface area (Å²) in [4.78, 5) is 25.4. The van der Waals surface area contributed by atoms with Gasteiger partial charge in [0.25, 0.3) is 5.56 Å². The zero-order chi connectivity index (χ0) is 13.3. The van der Waals surface area contributed by atoms with Crippen LogP contribution in [0.2, 0.25) is 0 Å². The first-order valence-electron chi connectivity index (χ1n) is 5.33. The molecule has 96 valence electrons. The van der Waals surface area contributed by atoms with Gasteiger partial charge in [-0.15, -0.1) is 11.3 Å². The fraction of sp³-hybridized carbons (Fsp3) is 0.273. The average Bonchev–Trinajstić information content (AvgIpc) is 2.85. The van der Waals surface area contributed by atoms with Gasteiger partial charge in [0.1, 0.15) is 0 Å². The third-order valence-corrected chi connectivity index (χ3v) is 3.61. The molecule has 1 atom stereocenters. The van der Waals surface area contributed by atoms with Crippen molar-refractivity contribution >= 4 is 11.3 Å². The Morgan fingerprint density at radius 1 is 1.56 bits per heavy atom. The quantitative estimate of drug-likeness (QED) is 0.886. The summed E-state index contributed by atoms with van der Waals surface area (Å²) in [7, 11) is 0. The lowest BCUT2D eigenvalue weighted by atomic mass is 10.2. The Hall–Kier alpha value is -1.89. The van der Waals surface area contributed by atoms with E-state index < -0.39 is 29.0 Å². The lowest BCUT2D eigenvalue weighted by Gasteiger charge is -2.17. The van der Waals surface area contributed by atoms with Crippen LogP contribution in [0.15, 0.2) is 27.1 Å². The highest BCUT2D eigenvalue weighted by molar-refractivity contribution is 7.10. The normalized spacial score (nSPS) is 12.6. The molecule has 0 aromatic carbocycles. The fourth-order valence-electron chi connectivity index (χ4n) is 1.80. The van der Waals surface area contributed by atoms with E-state index in [9.17, 15) is 19.1 Å². The van der Waals surface area contributed by atoms with Crippen LogP contribution in [0.25, 0.3) is 0 Å². The number of aromatic nitrogens is 2. The zero-order valence-electron chi connectivity index (χ0n) is 9.51. The molecular formula is C11H11FN2O3S. The van der Waals surface area contributed by atoms with Crippen molar-refractivity contribution in [1.29, 1.82) is 0 Å². The number of H-pyrrole nitrogens is 1. The summed E-state index contributed by atoms with van der Waals surface area (Å²) in [5.74, 6) is -2.27. The van der Waals surface area contributed by atoms with Crippen molar-refractivity contribution in [2.24, 2.45) is 0 Å². The largest absolute Gasteiger partial charge is 0.492 e. The van der Waals surface area contributed by atoms with Crippen molar-refractivity contribution in [1.82, 2.24) is 9.55 Å². The number of nitrogens with one attached hydrogen (secondary N) is 1. The second-order valence-corrected chi connectivity index (χ2v) is 4.69. The Morgan fingerprint density at radius 3 is 2.83 bits per heavy atom. The van der Waals surface area contributed by atoms with Gasteiger partial charge in [-0.1, -0.05) is 13.0 Å². The summed E-state index contributed by atoms with van der Waals surface area (Å²) in [5.41, 5.74) is -2.03. The van der Waals surface area contributed by atoms with E-state index in [1.54, 1.807) is 19.1 Å². The zero-order valence-corrected chi connectivity index (χ0v) is 10.3. The number of nitrogens with zero attached hydrogens (tertiary/aromatic N) is 1. The number of rotatable bonds is 3. The van der Waals surface area contributed by atoms with Crippen LogP contribution in [-0.2, 0) is 0 Å². The van der Waals surface area contributed by atoms with Crippen molar-refractivity contribution in [2.45, 2.75) is 19.4 Å². The molecule has 0 radical (unpaired) electrons. The molecule has 2 rings (SSSR count). The maximum atomic E-state index is 13.4. The predicted molar refractivity (Wildman–Crippen MR) is 65.7 cm³/mol. The molecule has 2 aromatic rings. The molecule has 7 heteroatoms. The summed E-state index contributed by atoms with van der Waals surface area (Å²) in [6.07, 6.45) is 0.486. The second kappa shape index (κ2) is 4.77. The van der Waals surface area contributed by atoms with Crippen molar-refractivity contribution < 1.29 is 9.50 Å². The number of aromatic hydroxyl groups is 1. The van der Waals surface area contributed by atoms with E-state index in [1.165, 1.54) is 11.3 Å².